The van der Waals surface area contributed by atoms with Gasteiger partial charge in [0.25, 0.3) is 0 Å². The van der Waals surface area contributed by atoms with Crippen LogP contribution in [0.25, 0.3) is 0 Å². The van der Waals surface area contributed by atoms with Crippen molar-refractivity contribution < 1.29 is 14.4 Å². The van der Waals surface area contributed by atoms with Crippen molar-refractivity contribution in [1.29, 1.82) is 0 Å². The number of fused-ring (bicyclic) bond motifs is 3. The summed E-state index contributed by atoms with van der Waals surface area (Å²) < 4.78 is 4.81. The monoisotopic (exact) mass is 1440 g/mol. The topological polar surface area (TPSA) is 152 Å². The van der Waals surface area contributed by atoms with Crippen LogP contribution < -0.4 is 16.0 Å². The number of halogens is 3. The molecule has 0 fully saturated rings. The van der Waals surface area contributed by atoms with Crippen LogP contribution >= 0.6 is 34.8 Å². The van der Waals surface area contributed by atoms with Gasteiger partial charge in [0.05, 0.1) is 36.1 Å². The molecule has 0 radical (unpaired) electrons. The molecule has 0 saturated heterocycles. The highest BCUT2D eigenvalue weighted by atomic mass is 35.5. The van der Waals surface area contributed by atoms with Gasteiger partial charge in [-0.1, -0.05) is 253 Å². The minimum atomic E-state index is -0.575. The number of imidazole rings is 3. The van der Waals surface area contributed by atoms with Crippen molar-refractivity contribution in [3.8, 4) is 0 Å². The molecule has 104 heavy (non-hydrogen) atoms. The lowest BCUT2D eigenvalue weighted by atomic mass is 9.76. The molecule has 9 aromatic carbocycles. The molecule has 0 spiro atoms. The summed E-state index contributed by atoms with van der Waals surface area (Å²) in [6.45, 7) is 2.09. The van der Waals surface area contributed by atoms with Crippen molar-refractivity contribution in [2.75, 3.05) is 19.6 Å². The van der Waals surface area contributed by atoms with E-state index in [1.54, 1.807) is 6.33 Å². The predicted molar refractivity (Wildman–Crippen MR) is 417 cm³/mol. The Morgan fingerprint density at radius 2 is 0.683 bits per heavy atom. The van der Waals surface area contributed by atoms with Gasteiger partial charge in [-0.3, -0.25) is 14.4 Å². The number of hydrogen-bond donors (Lipinski definition) is 4. The zero-order valence-corrected chi connectivity index (χ0v) is 60.8. The number of nitrogens with zero attached hydrogens (tertiary/aromatic N) is 5. The van der Waals surface area contributed by atoms with Crippen LogP contribution in [0, 0.1) is 17.8 Å². The van der Waals surface area contributed by atoms with Gasteiger partial charge in [-0.2, -0.15) is 0 Å². The second-order valence-corrected chi connectivity index (χ2v) is 28.9. The van der Waals surface area contributed by atoms with E-state index in [1.165, 1.54) is 56.2 Å². The van der Waals surface area contributed by atoms with Crippen LogP contribution in [0.2, 0.25) is 15.1 Å². The molecule has 0 aliphatic heterocycles. The number of amides is 3. The Bertz CT molecular complexity index is 4510. The molecule has 3 amide bonds. The van der Waals surface area contributed by atoms with Crippen molar-refractivity contribution >= 4 is 52.5 Å². The quantitative estimate of drug-likeness (QED) is 0.0468. The van der Waals surface area contributed by atoms with Gasteiger partial charge in [0.15, 0.2) is 0 Å². The number of benzene rings is 9. The summed E-state index contributed by atoms with van der Waals surface area (Å²) in [5.41, 5.74) is 16.6. The lowest BCUT2D eigenvalue weighted by Crippen LogP contribution is -2.40. The Morgan fingerprint density at radius 1 is 0.365 bits per heavy atom. The number of aryl methyl sites for hydroxylation is 5. The largest absolute Gasteiger partial charge is 0.356 e. The Labute approximate surface area is 625 Å². The number of nitrogens with one attached hydrogen (secondary N) is 4. The number of aromatic amines is 1. The van der Waals surface area contributed by atoms with E-state index < -0.39 is 11.1 Å². The van der Waals surface area contributed by atoms with Gasteiger partial charge < -0.3 is 30.1 Å². The Hall–Kier alpha value is -10.1. The highest BCUT2D eigenvalue weighted by Crippen LogP contribution is 2.45. The summed E-state index contributed by atoms with van der Waals surface area (Å²) in [4.78, 5) is 54.8. The van der Waals surface area contributed by atoms with E-state index in [0.717, 1.165) is 104 Å². The van der Waals surface area contributed by atoms with E-state index in [4.69, 9.17) is 44.8 Å². The summed E-state index contributed by atoms with van der Waals surface area (Å²) in [7, 11) is 0. The molecule has 4 N–H and O–H groups in total. The molecule has 3 aromatic heterocycles. The normalized spacial score (nSPS) is 15.3. The fourth-order valence-corrected chi connectivity index (χ4v) is 15.7. The Morgan fingerprint density at radius 3 is 1.06 bits per heavy atom. The summed E-state index contributed by atoms with van der Waals surface area (Å²) in [6.07, 6.45) is 18.1. The van der Waals surface area contributed by atoms with Gasteiger partial charge in [-0.15, -0.1) is 0 Å². The van der Waals surface area contributed by atoms with Crippen LogP contribution in [0.3, 0.4) is 0 Å². The van der Waals surface area contributed by atoms with Crippen LogP contribution in [0.4, 0.5) is 0 Å². The first-order valence-corrected chi connectivity index (χ1v) is 37.6. The summed E-state index contributed by atoms with van der Waals surface area (Å²) >= 11 is 17.8. The first-order chi connectivity index (χ1) is 51.0. The van der Waals surface area contributed by atoms with E-state index in [0.29, 0.717) is 73.0 Å². The van der Waals surface area contributed by atoms with E-state index in [2.05, 4.69) is 217 Å². The molecule has 12 nitrogen and oxygen atoms in total. The molecule has 3 atom stereocenters. The number of carbonyl (C=O) groups is 3. The van der Waals surface area contributed by atoms with Gasteiger partial charge in [-0.05, 0) is 181 Å². The molecule has 3 aliphatic rings. The van der Waals surface area contributed by atoms with E-state index in [9.17, 15) is 14.4 Å². The predicted octanol–water partition coefficient (Wildman–Crippen LogP) is 17.4. The van der Waals surface area contributed by atoms with Crippen molar-refractivity contribution in [3.05, 3.63) is 373 Å². The van der Waals surface area contributed by atoms with Crippen LogP contribution in [-0.4, -0.2) is 66.4 Å². The van der Waals surface area contributed by atoms with Gasteiger partial charge in [0.2, 0.25) is 17.7 Å². The van der Waals surface area contributed by atoms with Crippen LogP contribution in [0.15, 0.2) is 274 Å². The van der Waals surface area contributed by atoms with Gasteiger partial charge in [0, 0.05) is 71.0 Å². The van der Waals surface area contributed by atoms with Crippen molar-refractivity contribution in [1.82, 2.24) is 45.0 Å². The fraction of sp³-hybridized carbons (Fsp3) is 0.258. The average Bonchev–Trinajstić information content (AvgIpc) is 1.39. The lowest BCUT2D eigenvalue weighted by molar-refractivity contribution is -0.122. The molecule has 12 aromatic rings. The first kappa shape index (κ1) is 72.3. The van der Waals surface area contributed by atoms with E-state index in [1.807, 2.05) is 85.5 Å². The van der Waals surface area contributed by atoms with Crippen molar-refractivity contribution in [3.63, 3.8) is 0 Å². The third-order valence-electron chi connectivity index (χ3n) is 20.8. The summed E-state index contributed by atoms with van der Waals surface area (Å²) in [6, 6.07) is 87.5. The van der Waals surface area contributed by atoms with Gasteiger partial charge in [0.1, 0.15) is 11.1 Å². The third kappa shape index (κ3) is 17.4. The minimum absolute atomic E-state index is 0.0893. The zero-order chi connectivity index (χ0) is 71.5. The van der Waals surface area contributed by atoms with Crippen molar-refractivity contribution in [2.45, 2.75) is 107 Å². The van der Waals surface area contributed by atoms with Crippen LogP contribution in [0.1, 0.15) is 123 Å². The molecule has 0 bridgehead atoms. The molecule has 15 heteroatoms. The zero-order valence-electron chi connectivity index (χ0n) is 58.5. The van der Waals surface area contributed by atoms with Crippen LogP contribution in [0.5, 0.6) is 0 Å². The number of aromatic nitrogens is 6. The Balaban J connectivity index is 0.000000145. The molecule has 3 heterocycles. The molecular weight excluding hydrogens is 1350 g/mol. The average molecular weight is 1440 g/mol. The molecule has 15 rings (SSSR count). The maximum atomic E-state index is 12.7. The smallest absolute Gasteiger partial charge is 0.220 e. The SMILES string of the molecule is O=C(CCc1ccc(Cl)cc1)NCC1CCc2c(ncn2C(c2ccccc2)(c2ccccc2)c2ccccc2)C1.O=C(CCc1ccc(Cl)cc1)NCC1CCc2nc[nH]c2C1.O=C(CCc1ccc(Cl)cc1)NCC1CCc2ncn(C(c3ccccc3)(c3ccccc3)c3ccccc3)c2C1. The number of H-pyrrole nitrogens is 1. The standard InChI is InChI=1S/2C36H34ClN3O.C17H20ClN3O/c37-32-20-16-27(17-21-32)19-23-35(41)38-25-28-18-22-34-33(24-28)39-26-40(34)36(29-10-4-1-5-11-29,30-12-6-2-7-13-30)31-14-8-3-9-15-31;37-32-20-16-27(17-21-32)19-23-35(41)38-25-28-18-22-33-34(24-28)40(26-39-33)36(29-10-4-1-5-11-29,30-12-6-2-7-13-30)31-14-8-3-9-15-31;18-14-5-1-12(2-6-14)4-8-17(22)19-10-13-3-7-15-16(9-13)21-11-20-15/h2*1-17,20-21,26,28H,18-19,22-25H2,(H,38,41);1-2,5-6,11,13H,3-4,7-10H2,(H,19,22)(H,20,21). The fourth-order valence-electron chi connectivity index (χ4n) is 15.4. The summed E-state index contributed by atoms with van der Waals surface area (Å²) in [5.74, 6) is 1.51. The Kier molecular flexibility index (Phi) is 24.3. The molecule has 0 saturated carbocycles. The van der Waals surface area contributed by atoms with Gasteiger partial charge >= 0.3 is 0 Å². The van der Waals surface area contributed by atoms with Crippen molar-refractivity contribution in [2.24, 2.45) is 17.8 Å². The lowest BCUT2D eigenvalue weighted by Gasteiger charge is -2.39. The van der Waals surface area contributed by atoms with Gasteiger partial charge in [-0.25, -0.2) is 15.0 Å². The minimum Gasteiger partial charge on any atom is -0.356 e. The summed E-state index contributed by atoms with van der Waals surface area (Å²) in [5, 5.41) is 11.6. The first-order valence-electron chi connectivity index (χ1n) is 36.5. The number of rotatable bonds is 23. The van der Waals surface area contributed by atoms with E-state index in [-0.39, 0.29) is 17.7 Å². The maximum Gasteiger partial charge on any atom is 0.220 e. The number of hydrogen-bond acceptors (Lipinski definition) is 6. The van der Waals surface area contributed by atoms with E-state index >= 15 is 0 Å². The van der Waals surface area contributed by atoms with Crippen LogP contribution in [-0.2, 0) is 83.2 Å². The number of carbonyl (C=O) groups excluding carboxylic acids is 3. The molecular formula is C89H88Cl3N9O3. The highest BCUT2D eigenvalue weighted by molar-refractivity contribution is 6.31. The second kappa shape index (κ2) is 34.9. The molecule has 3 aliphatic carbocycles. The second-order valence-electron chi connectivity index (χ2n) is 27.6. The molecule has 528 valence electrons. The highest BCUT2D eigenvalue weighted by Gasteiger charge is 2.43. The maximum absolute atomic E-state index is 12.7. The third-order valence-corrected chi connectivity index (χ3v) is 21.6. The molecule has 3 unspecified atom stereocenters.